The summed E-state index contributed by atoms with van der Waals surface area (Å²) in [4.78, 5) is 4.59. The Bertz CT molecular complexity index is 1230. The van der Waals surface area contributed by atoms with Crippen molar-refractivity contribution in [1.29, 1.82) is 0 Å². The molecule has 0 saturated carbocycles. The highest BCUT2D eigenvalue weighted by atomic mass is 19.1. The number of benzene rings is 1. The van der Waals surface area contributed by atoms with Crippen molar-refractivity contribution in [3.05, 3.63) is 65.1 Å². The molecule has 0 saturated heterocycles. The third-order valence-electron chi connectivity index (χ3n) is 5.29. The fourth-order valence-electron chi connectivity index (χ4n) is 3.59. The minimum atomic E-state index is -0.303. The number of pyridine rings is 1. The van der Waals surface area contributed by atoms with Crippen LogP contribution < -0.4 is 4.74 Å². The van der Waals surface area contributed by atoms with Crippen molar-refractivity contribution in [3.63, 3.8) is 0 Å². The molecule has 1 aliphatic rings. The highest BCUT2D eigenvalue weighted by Gasteiger charge is 2.20. The summed E-state index contributed by atoms with van der Waals surface area (Å²) in [6.07, 6.45) is 0. The molecule has 0 amide bonds. The van der Waals surface area contributed by atoms with Crippen molar-refractivity contribution in [2.75, 3.05) is 6.61 Å². The third kappa shape index (κ3) is 3.68. The van der Waals surface area contributed by atoms with Crippen molar-refractivity contribution in [3.8, 4) is 28.5 Å². The first-order valence-corrected chi connectivity index (χ1v) is 9.92. The van der Waals surface area contributed by atoms with E-state index in [0.29, 0.717) is 37.1 Å². The number of fused-ring (bicyclic) bond motifs is 1. The smallest absolute Gasteiger partial charge is 0.213 e. The van der Waals surface area contributed by atoms with Crippen LogP contribution in [0.4, 0.5) is 4.39 Å². The first kappa shape index (κ1) is 19.4. The number of rotatable bonds is 5. The lowest BCUT2D eigenvalue weighted by molar-refractivity contribution is 0.0820. The number of aryl methyl sites for hydroxylation is 2. The lowest BCUT2D eigenvalue weighted by Crippen LogP contribution is -2.17. The number of ether oxygens (including phenoxy) is 2. The average Bonchev–Trinajstić information content (AvgIpc) is 3.37. The Morgan fingerprint density at radius 3 is 2.74 bits per heavy atom. The molecule has 0 aliphatic carbocycles. The molecule has 1 aliphatic heterocycles. The van der Waals surface area contributed by atoms with Gasteiger partial charge in [-0.3, -0.25) is 0 Å². The molecule has 4 heterocycles. The Balaban J connectivity index is 1.37. The summed E-state index contributed by atoms with van der Waals surface area (Å²) < 4.78 is 32.0. The van der Waals surface area contributed by atoms with E-state index in [1.165, 1.54) is 12.1 Å². The predicted molar refractivity (Wildman–Crippen MR) is 109 cm³/mol. The monoisotopic (exact) mass is 421 g/mol. The molecule has 0 unspecified atom stereocenters. The van der Waals surface area contributed by atoms with Crippen molar-refractivity contribution in [2.24, 2.45) is 0 Å². The van der Waals surface area contributed by atoms with Gasteiger partial charge in [-0.1, -0.05) is 5.16 Å². The molecule has 0 spiro atoms. The summed E-state index contributed by atoms with van der Waals surface area (Å²) in [6.45, 7) is 5.78. The summed E-state index contributed by atoms with van der Waals surface area (Å²) in [5.74, 6) is 2.42. The number of hydrogen-bond acceptors (Lipinski definition) is 7. The highest BCUT2D eigenvalue weighted by Crippen LogP contribution is 2.28. The predicted octanol–water partition coefficient (Wildman–Crippen LogP) is 3.86. The van der Waals surface area contributed by atoms with Crippen LogP contribution in [0.1, 0.15) is 22.8 Å². The maximum Gasteiger partial charge on any atom is 0.213 e. The first-order chi connectivity index (χ1) is 15.1. The number of halogens is 1. The van der Waals surface area contributed by atoms with E-state index in [1.807, 2.05) is 26.0 Å². The lowest BCUT2D eigenvalue weighted by atomic mass is 10.1. The van der Waals surface area contributed by atoms with Crippen LogP contribution in [0.3, 0.4) is 0 Å². The van der Waals surface area contributed by atoms with Crippen LogP contribution in [-0.4, -0.2) is 31.5 Å². The Labute approximate surface area is 177 Å². The summed E-state index contributed by atoms with van der Waals surface area (Å²) >= 11 is 0. The molecule has 9 heteroatoms. The molecule has 3 aromatic heterocycles. The molecular weight excluding hydrogens is 401 g/mol. The van der Waals surface area contributed by atoms with Gasteiger partial charge in [0.05, 0.1) is 17.9 Å². The fraction of sp³-hybridized carbons (Fsp3) is 0.273. The summed E-state index contributed by atoms with van der Waals surface area (Å²) in [5, 5.41) is 12.6. The van der Waals surface area contributed by atoms with Gasteiger partial charge in [-0.2, -0.15) is 0 Å². The zero-order valence-corrected chi connectivity index (χ0v) is 17.1. The Kier molecular flexibility index (Phi) is 4.95. The Morgan fingerprint density at radius 2 is 1.94 bits per heavy atom. The van der Waals surface area contributed by atoms with Crippen LogP contribution in [0.25, 0.3) is 22.6 Å². The molecule has 31 heavy (non-hydrogen) atoms. The average molecular weight is 421 g/mol. The van der Waals surface area contributed by atoms with Crippen LogP contribution in [0, 0.1) is 19.7 Å². The number of nitrogens with zero attached hydrogens (tertiary/aromatic N) is 5. The van der Waals surface area contributed by atoms with Gasteiger partial charge in [-0.25, -0.2) is 9.37 Å². The van der Waals surface area contributed by atoms with E-state index < -0.39 is 0 Å². The van der Waals surface area contributed by atoms with Gasteiger partial charge in [0.15, 0.2) is 11.6 Å². The van der Waals surface area contributed by atoms with Crippen molar-refractivity contribution >= 4 is 0 Å². The van der Waals surface area contributed by atoms with Gasteiger partial charge >= 0.3 is 0 Å². The molecule has 8 nitrogen and oxygen atoms in total. The van der Waals surface area contributed by atoms with Crippen LogP contribution in [0.5, 0.6) is 5.88 Å². The topological polar surface area (TPSA) is 88.1 Å². The van der Waals surface area contributed by atoms with E-state index in [2.05, 4.69) is 24.9 Å². The largest absolute Gasteiger partial charge is 0.473 e. The molecule has 0 radical (unpaired) electrons. The molecule has 0 bridgehead atoms. The van der Waals surface area contributed by atoms with Gasteiger partial charge in [0.2, 0.25) is 5.88 Å². The second-order valence-electron chi connectivity index (χ2n) is 7.29. The second-order valence-corrected chi connectivity index (χ2v) is 7.29. The lowest BCUT2D eigenvalue weighted by Gasteiger charge is -2.16. The molecule has 0 N–H and O–H groups in total. The van der Waals surface area contributed by atoms with E-state index in [4.69, 9.17) is 14.0 Å². The van der Waals surface area contributed by atoms with E-state index in [9.17, 15) is 4.39 Å². The quantitative estimate of drug-likeness (QED) is 0.483. The van der Waals surface area contributed by atoms with E-state index in [0.717, 1.165) is 34.0 Å². The van der Waals surface area contributed by atoms with Gasteiger partial charge in [0.25, 0.3) is 0 Å². The van der Waals surface area contributed by atoms with E-state index in [-0.39, 0.29) is 12.4 Å². The minimum absolute atomic E-state index is 0.228. The van der Waals surface area contributed by atoms with Gasteiger partial charge in [0, 0.05) is 23.7 Å². The van der Waals surface area contributed by atoms with Gasteiger partial charge in [-0.05, 0) is 44.2 Å². The van der Waals surface area contributed by atoms with Crippen molar-refractivity contribution in [2.45, 2.75) is 33.6 Å². The summed E-state index contributed by atoms with van der Waals surface area (Å²) in [6, 6.07) is 9.86. The Morgan fingerprint density at radius 1 is 1.10 bits per heavy atom. The molecule has 5 rings (SSSR count). The normalized spacial score (nSPS) is 13.3. The standard InChI is InChI=1S/C22H20FN5O3/c1-13-17(22-26-25-19-12-29-10-9-28(19)22)7-8-20(24-13)30-11-18-14(2)31-27-21(18)15-3-5-16(23)6-4-15/h3-8H,9-12H2,1-2H3. The second kappa shape index (κ2) is 7.92. The molecule has 158 valence electrons. The molecule has 4 aromatic rings. The van der Waals surface area contributed by atoms with E-state index >= 15 is 0 Å². The first-order valence-electron chi connectivity index (χ1n) is 9.92. The van der Waals surface area contributed by atoms with Crippen molar-refractivity contribution < 1.29 is 18.4 Å². The highest BCUT2D eigenvalue weighted by molar-refractivity contribution is 5.63. The van der Waals surface area contributed by atoms with Crippen LogP contribution in [0.15, 0.2) is 40.9 Å². The molecule has 0 fully saturated rings. The van der Waals surface area contributed by atoms with Crippen LogP contribution >= 0.6 is 0 Å². The molecule has 0 atom stereocenters. The zero-order chi connectivity index (χ0) is 21.4. The zero-order valence-electron chi connectivity index (χ0n) is 17.1. The minimum Gasteiger partial charge on any atom is -0.473 e. The van der Waals surface area contributed by atoms with Crippen LogP contribution in [-0.2, 0) is 24.5 Å². The summed E-state index contributed by atoms with van der Waals surface area (Å²) in [5.41, 5.74) is 3.88. The number of aromatic nitrogens is 5. The molecular formula is C22H20FN5O3. The van der Waals surface area contributed by atoms with Gasteiger partial charge < -0.3 is 18.6 Å². The fourth-order valence-corrected chi connectivity index (χ4v) is 3.59. The Hall–Kier alpha value is -3.59. The van der Waals surface area contributed by atoms with Gasteiger partial charge in [-0.15, -0.1) is 10.2 Å². The SMILES string of the molecule is Cc1nc(OCc2c(-c3ccc(F)cc3)noc2C)ccc1-c1nnc2n1CCOC2. The maximum atomic E-state index is 13.3. The third-order valence-corrected chi connectivity index (χ3v) is 5.29. The van der Waals surface area contributed by atoms with Crippen molar-refractivity contribution in [1.82, 2.24) is 24.9 Å². The van der Waals surface area contributed by atoms with Crippen LogP contribution in [0.2, 0.25) is 0 Å². The van der Waals surface area contributed by atoms with Gasteiger partial charge in [0.1, 0.15) is 30.5 Å². The molecule has 1 aromatic carbocycles. The van der Waals surface area contributed by atoms with E-state index in [1.54, 1.807) is 12.1 Å². The summed E-state index contributed by atoms with van der Waals surface area (Å²) in [7, 11) is 0. The number of hydrogen-bond donors (Lipinski definition) is 0. The maximum absolute atomic E-state index is 13.3.